The molecule has 0 spiro atoms. The van der Waals surface area contributed by atoms with Crippen molar-refractivity contribution in [3.63, 3.8) is 0 Å². The lowest BCUT2D eigenvalue weighted by molar-refractivity contribution is -0.0425. The smallest absolute Gasteiger partial charge is 0.0776 e. The summed E-state index contributed by atoms with van der Waals surface area (Å²) in [6.45, 7) is 5.03. The Kier molecular flexibility index (Phi) is 4.70. The highest BCUT2D eigenvalue weighted by Gasteiger charge is 2.17. The van der Waals surface area contributed by atoms with Crippen molar-refractivity contribution in [3.05, 3.63) is 0 Å². The number of hydrogen-bond donors (Lipinski definition) is 0. The lowest BCUT2D eigenvalue weighted by Crippen LogP contribution is -2.38. The van der Waals surface area contributed by atoms with E-state index in [0.29, 0.717) is 6.10 Å². The molecule has 0 saturated carbocycles. The largest absolute Gasteiger partial charge is 0.379 e. The van der Waals surface area contributed by atoms with E-state index in [2.05, 4.69) is 11.9 Å². The Morgan fingerprint density at radius 3 is 2.92 bits per heavy atom. The summed E-state index contributed by atoms with van der Waals surface area (Å²) in [7, 11) is 3.87. The summed E-state index contributed by atoms with van der Waals surface area (Å²) < 4.78 is 10.9. The molecule has 1 aliphatic rings. The van der Waals surface area contributed by atoms with E-state index in [0.717, 1.165) is 13.2 Å². The SMILES string of the molecule is COC(C)COC1CCCN(C)C1. The lowest BCUT2D eigenvalue weighted by Gasteiger charge is -2.30. The second-order valence-corrected chi connectivity index (χ2v) is 3.91. The Morgan fingerprint density at radius 1 is 1.54 bits per heavy atom. The van der Waals surface area contributed by atoms with Crippen LogP contribution in [0.25, 0.3) is 0 Å². The first-order valence-electron chi connectivity index (χ1n) is 5.05. The van der Waals surface area contributed by atoms with Gasteiger partial charge in [0.2, 0.25) is 0 Å². The van der Waals surface area contributed by atoms with Gasteiger partial charge in [0.1, 0.15) is 0 Å². The number of ether oxygens (including phenoxy) is 2. The Balaban J connectivity index is 2.13. The van der Waals surface area contributed by atoms with Crippen molar-refractivity contribution in [2.24, 2.45) is 0 Å². The van der Waals surface area contributed by atoms with Crippen LogP contribution < -0.4 is 0 Å². The number of piperidine rings is 1. The highest BCUT2D eigenvalue weighted by Crippen LogP contribution is 2.11. The van der Waals surface area contributed by atoms with Crippen LogP contribution in [0, 0.1) is 0 Å². The van der Waals surface area contributed by atoms with E-state index in [4.69, 9.17) is 9.47 Å². The van der Waals surface area contributed by atoms with Crippen molar-refractivity contribution in [3.8, 4) is 0 Å². The van der Waals surface area contributed by atoms with Gasteiger partial charge < -0.3 is 14.4 Å². The molecule has 0 aromatic rings. The fourth-order valence-corrected chi connectivity index (χ4v) is 1.59. The van der Waals surface area contributed by atoms with Crippen molar-refractivity contribution in [1.82, 2.24) is 4.90 Å². The van der Waals surface area contributed by atoms with Gasteiger partial charge in [-0.1, -0.05) is 0 Å². The molecule has 1 fully saturated rings. The van der Waals surface area contributed by atoms with Crippen LogP contribution in [0.5, 0.6) is 0 Å². The predicted octanol–water partition coefficient (Wildman–Crippen LogP) is 1.13. The minimum atomic E-state index is 0.215. The molecule has 2 atom stereocenters. The number of hydrogen-bond acceptors (Lipinski definition) is 3. The fraction of sp³-hybridized carbons (Fsp3) is 1.00. The van der Waals surface area contributed by atoms with Crippen LogP contribution in [0.4, 0.5) is 0 Å². The van der Waals surface area contributed by atoms with Gasteiger partial charge in [-0.15, -0.1) is 0 Å². The van der Waals surface area contributed by atoms with Crippen molar-refractivity contribution < 1.29 is 9.47 Å². The van der Waals surface area contributed by atoms with E-state index in [-0.39, 0.29) is 6.10 Å². The summed E-state index contributed by atoms with van der Waals surface area (Å²) in [5, 5.41) is 0. The number of nitrogens with zero attached hydrogens (tertiary/aromatic N) is 1. The third kappa shape index (κ3) is 4.07. The van der Waals surface area contributed by atoms with Gasteiger partial charge in [0.25, 0.3) is 0 Å². The molecule has 78 valence electrons. The molecule has 1 aliphatic heterocycles. The number of likely N-dealkylation sites (tertiary alicyclic amines) is 1. The molecule has 3 heteroatoms. The molecule has 2 unspecified atom stereocenters. The monoisotopic (exact) mass is 187 g/mol. The normalized spacial score (nSPS) is 27.5. The summed E-state index contributed by atoms with van der Waals surface area (Å²) in [5.41, 5.74) is 0. The van der Waals surface area contributed by atoms with Gasteiger partial charge in [-0.3, -0.25) is 0 Å². The topological polar surface area (TPSA) is 21.7 Å². The maximum atomic E-state index is 5.74. The summed E-state index contributed by atoms with van der Waals surface area (Å²) >= 11 is 0. The molecule has 0 N–H and O–H groups in total. The van der Waals surface area contributed by atoms with E-state index >= 15 is 0 Å². The van der Waals surface area contributed by atoms with E-state index in [1.807, 2.05) is 6.92 Å². The zero-order valence-electron chi connectivity index (χ0n) is 8.95. The van der Waals surface area contributed by atoms with E-state index < -0.39 is 0 Å². The zero-order valence-corrected chi connectivity index (χ0v) is 8.95. The Labute approximate surface area is 81.0 Å². The first-order chi connectivity index (χ1) is 6.22. The van der Waals surface area contributed by atoms with Gasteiger partial charge in [0, 0.05) is 13.7 Å². The molecule has 0 bridgehead atoms. The van der Waals surface area contributed by atoms with Crippen LogP contribution in [-0.2, 0) is 9.47 Å². The molecule has 0 amide bonds. The third-order valence-electron chi connectivity index (χ3n) is 2.55. The minimum Gasteiger partial charge on any atom is -0.379 e. The maximum absolute atomic E-state index is 5.74. The highest BCUT2D eigenvalue weighted by molar-refractivity contribution is 4.70. The van der Waals surface area contributed by atoms with Crippen LogP contribution in [0.1, 0.15) is 19.8 Å². The quantitative estimate of drug-likeness (QED) is 0.658. The Hall–Kier alpha value is -0.120. The van der Waals surface area contributed by atoms with Crippen molar-refractivity contribution in [1.29, 1.82) is 0 Å². The average Bonchev–Trinajstić information content (AvgIpc) is 2.14. The molecule has 0 aromatic heterocycles. The van der Waals surface area contributed by atoms with Crippen LogP contribution >= 0.6 is 0 Å². The second-order valence-electron chi connectivity index (χ2n) is 3.91. The molecule has 0 aromatic carbocycles. The number of likely N-dealkylation sites (N-methyl/N-ethyl adjacent to an activating group) is 1. The number of methoxy groups -OCH3 is 1. The third-order valence-corrected chi connectivity index (χ3v) is 2.55. The predicted molar refractivity (Wildman–Crippen MR) is 52.9 cm³/mol. The van der Waals surface area contributed by atoms with Crippen LogP contribution in [0.2, 0.25) is 0 Å². The first-order valence-corrected chi connectivity index (χ1v) is 5.05. The molecule has 0 aliphatic carbocycles. The highest BCUT2D eigenvalue weighted by atomic mass is 16.5. The van der Waals surface area contributed by atoms with Gasteiger partial charge in [-0.05, 0) is 33.4 Å². The molecular weight excluding hydrogens is 166 g/mol. The van der Waals surface area contributed by atoms with Crippen LogP contribution in [0.3, 0.4) is 0 Å². The first kappa shape index (κ1) is 11.0. The Bertz CT molecular complexity index is 141. The van der Waals surface area contributed by atoms with Gasteiger partial charge >= 0.3 is 0 Å². The zero-order chi connectivity index (χ0) is 9.68. The van der Waals surface area contributed by atoms with Crippen LogP contribution in [0.15, 0.2) is 0 Å². The lowest BCUT2D eigenvalue weighted by atomic mass is 10.1. The van der Waals surface area contributed by atoms with Gasteiger partial charge in [0.05, 0.1) is 18.8 Å². The molecule has 0 radical (unpaired) electrons. The molecule has 3 nitrogen and oxygen atoms in total. The Morgan fingerprint density at radius 2 is 2.31 bits per heavy atom. The molecule has 1 rings (SSSR count). The molecule has 13 heavy (non-hydrogen) atoms. The van der Waals surface area contributed by atoms with Gasteiger partial charge in [-0.25, -0.2) is 0 Å². The minimum absolute atomic E-state index is 0.215. The van der Waals surface area contributed by atoms with Gasteiger partial charge in [-0.2, -0.15) is 0 Å². The average molecular weight is 187 g/mol. The molecular formula is C10H21NO2. The fourth-order valence-electron chi connectivity index (χ4n) is 1.59. The number of rotatable bonds is 4. The van der Waals surface area contributed by atoms with E-state index in [1.165, 1.54) is 19.4 Å². The van der Waals surface area contributed by atoms with Crippen molar-refractivity contribution in [2.45, 2.75) is 32.0 Å². The molecule has 1 heterocycles. The standard InChI is InChI=1S/C10H21NO2/c1-9(12-3)8-13-10-5-4-6-11(2)7-10/h9-10H,4-8H2,1-3H3. The van der Waals surface area contributed by atoms with Crippen LogP contribution in [-0.4, -0.2) is 51.0 Å². The van der Waals surface area contributed by atoms with E-state index in [1.54, 1.807) is 7.11 Å². The van der Waals surface area contributed by atoms with Gasteiger partial charge in [0.15, 0.2) is 0 Å². The van der Waals surface area contributed by atoms with Crippen molar-refractivity contribution in [2.75, 3.05) is 33.9 Å². The summed E-state index contributed by atoms with van der Waals surface area (Å²) in [6, 6.07) is 0. The maximum Gasteiger partial charge on any atom is 0.0776 e. The van der Waals surface area contributed by atoms with E-state index in [9.17, 15) is 0 Å². The summed E-state index contributed by atoms with van der Waals surface area (Å²) in [4.78, 5) is 2.33. The second kappa shape index (κ2) is 5.58. The van der Waals surface area contributed by atoms with Crippen molar-refractivity contribution >= 4 is 0 Å². The summed E-state index contributed by atoms with van der Waals surface area (Å²) in [5.74, 6) is 0. The summed E-state index contributed by atoms with van der Waals surface area (Å²) in [6.07, 6.45) is 3.08. The molecule has 1 saturated heterocycles.